The summed E-state index contributed by atoms with van der Waals surface area (Å²) in [6.45, 7) is 0.834. The van der Waals surface area contributed by atoms with Crippen LogP contribution < -0.4 is 10.9 Å². The predicted molar refractivity (Wildman–Crippen MR) is 71.6 cm³/mol. The number of hydrogen-bond acceptors (Lipinski definition) is 6. The summed E-state index contributed by atoms with van der Waals surface area (Å²) in [7, 11) is 1.86. The minimum absolute atomic E-state index is 0.0478. The molecule has 0 amide bonds. The van der Waals surface area contributed by atoms with Crippen LogP contribution in [0.5, 0.6) is 0 Å². The van der Waals surface area contributed by atoms with E-state index in [4.69, 9.17) is 0 Å². The molecule has 1 saturated heterocycles. The normalized spacial score (nSPS) is 23.7. The van der Waals surface area contributed by atoms with E-state index in [0.717, 1.165) is 29.0 Å². The highest BCUT2D eigenvalue weighted by atomic mass is 79.9. The number of halogens is 1. The van der Waals surface area contributed by atoms with Crippen molar-refractivity contribution < 1.29 is 0 Å². The molecule has 4 heterocycles. The van der Waals surface area contributed by atoms with Gasteiger partial charge in [-0.1, -0.05) is 15.9 Å². The zero-order valence-electron chi connectivity index (χ0n) is 10.1. The van der Waals surface area contributed by atoms with E-state index < -0.39 is 0 Å². The molecule has 3 aromatic heterocycles. The fourth-order valence-electron chi connectivity index (χ4n) is 2.29. The first kappa shape index (κ1) is 11.3. The van der Waals surface area contributed by atoms with Gasteiger partial charge in [0, 0.05) is 13.6 Å². The van der Waals surface area contributed by atoms with Crippen molar-refractivity contribution in [1.29, 1.82) is 0 Å². The summed E-state index contributed by atoms with van der Waals surface area (Å²) in [6.07, 6.45) is 3.43. The Hall–Kier alpha value is -1.58. The van der Waals surface area contributed by atoms with Crippen LogP contribution in [0.1, 0.15) is 11.9 Å². The number of alkyl halides is 1. The summed E-state index contributed by atoms with van der Waals surface area (Å²) in [6, 6.07) is 0.0478. The average molecular weight is 323 g/mol. The molecule has 2 atom stereocenters. The van der Waals surface area contributed by atoms with E-state index in [2.05, 4.69) is 46.9 Å². The molecule has 1 aliphatic heterocycles. The number of fused-ring (bicyclic) bond motifs is 3. The molecule has 0 saturated carbocycles. The van der Waals surface area contributed by atoms with Gasteiger partial charge in [-0.25, -0.2) is 19.9 Å². The van der Waals surface area contributed by atoms with Gasteiger partial charge in [0.05, 0.1) is 22.5 Å². The molecule has 4 rings (SSSR count). The van der Waals surface area contributed by atoms with E-state index in [1.807, 2.05) is 7.05 Å². The number of aromatic nitrogens is 6. The minimum Gasteiger partial charge on any atom is -0.256 e. The molecular formula is C10H11BrN8. The quantitative estimate of drug-likeness (QED) is 0.610. The first-order chi connectivity index (χ1) is 9.24. The maximum Gasteiger partial charge on any atom is 0.171 e. The third kappa shape index (κ3) is 1.58. The number of aryl methyl sites for hydroxylation is 1. The highest BCUT2D eigenvalue weighted by Crippen LogP contribution is 2.24. The smallest absolute Gasteiger partial charge is 0.171 e. The van der Waals surface area contributed by atoms with Gasteiger partial charge < -0.3 is 0 Å². The molecule has 1 fully saturated rings. The lowest BCUT2D eigenvalue weighted by atomic mass is 10.2. The molecule has 2 N–H and O–H groups in total. The Kier molecular flexibility index (Phi) is 2.34. The number of rotatable bonds is 1. The first-order valence-electron chi connectivity index (χ1n) is 5.89. The van der Waals surface area contributed by atoms with Crippen LogP contribution in [0, 0.1) is 0 Å². The molecule has 3 aromatic rings. The third-order valence-electron chi connectivity index (χ3n) is 3.28. The maximum atomic E-state index is 4.61. The van der Waals surface area contributed by atoms with Crippen molar-refractivity contribution >= 4 is 32.6 Å². The molecule has 0 radical (unpaired) electrons. The van der Waals surface area contributed by atoms with Crippen LogP contribution in [0.25, 0.3) is 16.7 Å². The monoisotopic (exact) mass is 322 g/mol. The van der Waals surface area contributed by atoms with Crippen molar-refractivity contribution in [3.05, 3.63) is 18.3 Å². The standard InChI is InChI=1S/C10H11BrN8/c1-18-9-5(2-14-18)10-15-8(17-19(10)4-12-9)7-6(11)3-13-16-7/h2,4,6-7,13,16H,3H2,1H3. The summed E-state index contributed by atoms with van der Waals surface area (Å²) in [5, 5.41) is 9.59. The van der Waals surface area contributed by atoms with Crippen molar-refractivity contribution in [2.24, 2.45) is 7.05 Å². The molecular weight excluding hydrogens is 312 g/mol. The van der Waals surface area contributed by atoms with Gasteiger partial charge in [0.2, 0.25) is 0 Å². The second-order valence-corrected chi connectivity index (χ2v) is 5.68. The molecule has 1 aliphatic rings. The molecule has 2 unspecified atom stereocenters. The summed E-state index contributed by atoms with van der Waals surface area (Å²) >= 11 is 3.61. The van der Waals surface area contributed by atoms with Gasteiger partial charge in [0.1, 0.15) is 6.33 Å². The fraction of sp³-hybridized carbons (Fsp3) is 0.400. The predicted octanol–water partition coefficient (Wildman–Crippen LogP) is -0.0766. The Bertz CT molecular complexity index is 761. The summed E-state index contributed by atoms with van der Waals surface area (Å²) < 4.78 is 3.42. The number of hydrogen-bond donors (Lipinski definition) is 2. The molecule has 0 aromatic carbocycles. The van der Waals surface area contributed by atoms with E-state index in [0.29, 0.717) is 0 Å². The minimum atomic E-state index is 0.0478. The van der Waals surface area contributed by atoms with Crippen LogP contribution in [0.15, 0.2) is 12.5 Å². The van der Waals surface area contributed by atoms with Crippen LogP contribution >= 0.6 is 15.9 Å². The Morgan fingerprint density at radius 3 is 3.11 bits per heavy atom. The van der Waals surface area contributed by atoms with Crippen molar-refractivity contribution in [2.75, 3.05) is 6.54 Å². The van der Waals surface area contributed by atoms with Crippen molar-refractivity contribution in [3.8, 4) is 0 Å². The van der Waals surface area contributed by atoms with E-state index in [9.17, 15) is 0 Å². The van der Waals surface area contributed by atoms with Crippen LogP contribution in [-0.4, -0.2) is 40.7 Å². The third-order valence-corrected chi connectivity index (χ3v) is 4.13. The van der Waals surface area contributed by atoms with Crippen molar-refractivity contribution in [3.63, 3.8) is 0 Å². The largest absolute Gasteiger partial charge is 0.256 e. The lowest BCUT2D eigenvalue weighted by Gasteiger charge is -2.07. The van der Waals surface area contributed by atoms with Gasteiger partial charge in [-0.3, -0.25) is 10.1 Å². The molecule has 0 aliphatic carbocycles. The summed E-state index contributed by atoms with van der Waals surface area (Å²) in [5.41, 5.74) is 7.83. The van der Waals surface area contributed by atoms with E-state index in [-0.39, 0.29) is 10.9 Å². The summed E-state index contributed by atoms with van der Waals surface area (Å²) in [4.78, 5) is 9.22. The second-order valence-electron chi connectivity index (χ2n) is 4.51. The van der Waals surface area contributed by atoms with E-state index in [1.165, 1.54) is 0 Å². The van der Waals surface area contributed by atoms with Gasteiger partial charge in [0.25, 0.3) is 0 Å². The van der Waals surface area contributed by atoms with Crippen LogP contribution in [-0.2, 0) is 7.05 Å². The van der Waals surface area contributed by atoms with Gasteiger partial charge in [-0.2, -0.15) is 5.10 Å². The number of nitrogens with one attached hydrogen (secondary N) is 2. The average Bonchev–Trinajstić information content (AvgIpc) is 3.07. The summed E-state index contributed by atoms with van der Waals surface area (Å²) in [5.74, 6) is 0.741. The molecule has 0 bridgehead atoms. The SMILES string of the molecule is Cn1ncc2c1ncn1nc(C3NNCC3Br)nc21. The molecule has 9 heteroatoms. The zero-order valence-corrected chi connectivity index (χ0v) is 11.7. The first-order valence-corrected chi connectivity index (χ1v) is 6.81. The molecule has 8 nitrogen and oxygen atoms in total. The maximum absolute atomic E-state index is 4.61. The lowest BCUT2D eigenvalue weighted by Crippen LogP contribution is -2.25. The number of nitrogens with zero attached hydrogens (tertiary/aromatic N) is 6. The van der Waals surface area contributed by atoms with Crippen LogP contribution in [0.2, 0.25) is 0 Å². The van der Waals surface area contributed by atoms with E-state index >= 15 is 0 Å². The van der Waals surface area contributed by atoms with Crippen LogP contribution in [0.4, 0.5) is 0 Å². The Labute approximate surface area is 116 Å². The van der Waals surface area contributed by atoms with Gasteiger partial charge in [-0.15, -0.1) is 5.10 Å². The van der Waals surface area contributed by atoms with Crippen LogP contribution in [0.3, 0.4) is 0 Å². The molecule has 0 spiro atoms. The highest BCUT2D eigenvalue weighted by molar-refractivity contribution is 9.09. The Morgan fingerprint density at radius 1 is 1.42 bits per heavy atom. The lowest BCUT2D eigenvalue weighted by molar-refractivity contribution is 0.558. The Morgan fingerprint density at radius 2 is 2.32 bits per heavy atom. The molecule has 98 valence electrons. The van der Waals surface area contributed by atoms with Gasteiger partial charge >= 0.3 is 0 Å². The van der Waals surface area contributed by atoms with Gasteiger partial charge in [-0.05, 0) is 0 Å². The second kappa shape index (κ2) is 3.95. The fourth-order valence-corrected chi connectivity index (χ4v) is 2.82. The zero-order chi connectivity index (χ0) is 13.0. The van der Waals surface area contributed by atoms with E-state index in [1.54, 1.807) is 21.7 Å². The van der Waals surface area contributed by atoms with Crippen molar-refractivity contribution in [2.45, 2.75) is 10.9 Å². The highest BCUT2D eigenvalue weighted by Gasteiger charge is 2.29. The van der Waals surface area contributed by atoms with Crippen molar-refractivity contribution in [1.82, 2.24) is 40.2 Å². The number of hydrazine groups is 1. The molecule has 19 heavy (non-hydrogen) atoms. The van der Waals surface area contributed by atoms with Gasteiger partial charge in [0.15, 0.2) is 17.1 Å². The topological polar surface area (TPSA) is 85.0 Å². The Balaban J connectivity index is 1.93.